The number of rotatable bonds is 3. The number of ether oxygens (including phenoxy) is 1. The zero-order valence-electron chi connectivity index (χ0n) is 13.4. The second-order valence-corrected chi connectivity index (χ2v) is 6.02. The Morgan fingerprint density at radius 1 is 1.20 bits per heavy atom. The van der Waals surface area contributed by atoms with Crippen LogP contribution in [0.25, 0.3) is 0 Å². The molecule has 0 saturated heterocycles. The Labute approximate surface area is 143 Å². The number of hydrogen-bond donors (Lipinski definition) is 1. The molecule has 6 heteroatoms. The predicted octanol–water partition coefficient (Wildman–Crippen LogP) is 2.17. The normalized spacial score (nSPS) is 20.6. The fourth-order valence-electron chi connectivity index (χ4n) is 3.01. The Balaban J connectivity index is 1.58. The standard InChI is InChI=1S/C19H15NO5/c1-12-6-8-13(9-7-12)10-24-18(22)16-11-25-20-17(21)14-4-2-3-5-15(14)19(16,20)23/h2-9,11,23H,10H2,1H3. The van der Waals surface area contributed by atoms with Gasteiger partial charge in [-0.25, -0.2) is 4.79 Å². The molecule has 2 aromatic rings. The highest BCUT2D eigenvalue weighted by atomic mass is 16.7. The van der Waals surface area contributed by atoms with Gasteiger partial charge >= 0.3 is 5.97 Å². The van der Waals surface area contributed by atoms with Crippen molar-refractivity contribution in [1.29, 1.82) is 0 Å². The molecule has 0 spiro atoms. The van der Waals surface area contributed by atoms with Crippen molar-refractivity contribution in [3.8, 4) is 0 Å². The minimum atomic E-state index is -1.96. The van der Waals surface area contributed by atoms with Crippen LogP contribution in [0.3, 0.4) is 0 Å². The average molecular weight is 337 g/mol. The lowest BCUT2D eigenvalue weighted by atomic mass is 9.95. The first-order chi connectivity index (χ1) is 12.0. The highest BCUT2D eigenvalue weighted by Crippen LogP contribution is 2.46. The van der Waals surface area contributed by atoms with Gasteiger partial charge < -0.3 is 14.7 Å². The van der Waals surface area contributed by atoms with Gasteiger partial charge in [0.15, 0.2) is 0 Å². The van der Waals surface area contributed by atoms with E-state index in [1.807, 2.05) is 31.2 Å². The van der Waals surface area contributed by atoms with Crippen LogP contribution in [0, 0.1) is 6.92 Å². The molecule has 0 bridgehead atoms. The van der Waals surface area contributed by atoms with E-state index in [2.05, 4.69) is 0 Å². The SMILES string of the molecule is Cc1ccc(COC(=O)C2=CON3C(=O)c4ccccc4C23O)cc1. The molecule has 1 N–H and O–H groups in total. The summed E-state index contributed by atoms with van der Waals surface area (Å²) in [5.41, 5.74) is 0.437. The maximum atomic E-state index is 12.5. The van der Waals surface area contributed by atoms with Gasteiger partial charge in [0.25, 0.3) is 5.91 Å². The first kappa shape index (κ1) is 15.4. The molecule has 2 aliphatic rings. The highest BCUT2D eigenvalue weighted by Gasteiger charge is 2.59. The van der Waals surface area contributed by atoms with Crippen LogP contribution >= 0.6 is 0 Å². The first-order valence-electron chi connectivity index (χ1n) is 7.78. The maximum absolute atomic E-state index is 12.5. The molecule has 2 aromatic carbocycles. The Morgan fingerprint density at radius 2 is 1.92 bits per heavy atom. The van der Waals surface area contributed by atoms with Crippen LogP contribution in [-0.4, -0.2) is 22.0 Å². The molecule has 25 heavy (non-hydrogen) atoms. The summed E-state index contributed by atoms with van der Waals surface area (Å²) in [6, 6.07) is 14.1. The lowest BCUT2D eigenvalue weighted by Crippen LogP contribution is -2.42. The van der Waals surface area contributed by atoms with Crippen LogP contribution < -0.4 is 0 Å². The minimum absolute atomic E-state index is 0.0577. The van der Waals surface area contributed by atoms with Gasteiger partial charge in [0.2, 0.25) is 5.72 Å². The van der Waals surface area contributed by atoms with E-state index in [0.717, 1.165) is 22.5 Å². The molecular formula is C19H15NO5. The molecule has 0 aromatic heterocycles. The Kier molecular flexibility index (Phi) is 3.36. The van der Waals surface area contributed by atoms with Gasteiger partial charge in [0.05, 0.1) is 5.56 Å². The van der Waals surface area contributed by atoms with E-state index < -0.39 is 17.6 Å². The number of aliphatic hydroxyl groups is 1. The van der Waals surface area contributed by atoms with Gasteiger partial charge in [-0.2, -0.15) is 0 Å². The zero-order valence-corrected chi connectivity index (χ0v) is 13.4. The number of fused-ring (bicyclic) bond motifs is 3. The van der Waals surface area contributed by atoms with Gasteiger partial charge in [-0.3, -0.25) is 4.79 Å². The molecule has 2 heterocycles. The summed E-state index contributed by atoms with van der Waals surface area (Å²) < 4.78 is 5.29. The highest BCUT2D eigenvalue weighted by molar-refractivity contribution is 6.03. The van der Waals surface area contributed by atoms with Crippen molar-refractivity contribution in [2.45, 2.75) is 19.3 Å². The Hall–Kier alpha value is -3.12. The van der Waals surface area contributed by atoms with E-state index in [-0.39, 0.29) is 12.2 Å². The smallest absolute Gasteiger partial charge is 0.343 e. The van der Waals surface area contributed by atoms with Crippen molar-refractivity contribution in [2.75, 3.05) is 0 Å². The summed E-state index contributed by atoms with van der Waals surface area (Å²) >= 11 is 0. The van der Waals surface area contributed by atoms with E-state index in [1.54, 1.807) is 24.3 Å². The zero-order chi connectivity index (χ0) is 17.6. The number of aryl methyl sites for hydroxylation is 1. The van der Waals surface area contributed by atoms with Crippen molar-refractivity contribution >= 4 is 11.9 Å². The van der Waals surface area contributed by atoms with Crippen LogP contribution in [0.1, 0.15) is 27.0 Å². The molecule has 1 atom stereocenters. The number of nitrogens with zero attached hydrogens (tertiary/aromatic N) is 1. The molecule has 1 unspecified atom stereocenters. The topological polar surface area (TPSA) is 76.1 Å². The van der Waals surface area contributed by atoms with Crippen LogP contribution in [0.4, 0.5) is 0 Å². The van der Waals surface area contributed by atoms with Gasteiger partial charge in [-0.05, 0) is 18.6 Å². The summed E-state index contributed by atoms with van der Waals surface area (Å²) in [6.07, 6.45) is 1.06. The first-order valence-corrected chi connectivity index (χ1v) is 7.78. The lowest BCUT2D eigenvalue weighted by Gasteiger charge is -2.25. The summed E-state index contributed by atoms with van der Waals surface area (Å²) in [5.74, 6) is -1.24. The van der Waals surface area contributed by atoms with Gasteiger partial charge in [-0.15, -0.1) is 5.06 Å². The molecule has 126 valence electrons. The third kappa shape index (κ3) is 2.22. The Morgan fingerprint density at radius 3 is 2.68 bits per heavy atom. The average Bonchev–Trinajstić information content (AvgIpc) is 3.08. The van der Waals surface area contributed by atoms with E-state index in [4.69, 9.17) is 9.57 Å². The molecular weight excluding hydrogens is 322 g/mol. The van der Waals surface area contributed by atoms with E-state index in [1.165, 1.54) is 0 Å². The fraction of sp³-hybridized carbons (Fsp3) is 0.158. The summed E-state index contributed by atoms with van der Waals surface area (Å²) in [5, 5.41) is 11.8. The van der Waals surface area contributed by atoms with Gasteiger partial charge in [0.1, 0.15) is 18.4 Å². The predicted molar refractivity (Wildman–Crippen MR) is 86.7 cm³/mol. The lowest BCUT2D eigenvalue weighted by molar-refractivity contribution is -0.188. The van der Waals surface area contributed by atoms with Gasteiger partial charge in [-0.1, -0.05) is 48.0 Å². The maximum Gasteiger partial charge on any atom is 0.343 e. The third-order valence-electron chi connectivity index (χ3n) is 4.37. The van der Waals surface area contributed by atoms with Crippen LogP contribution in [0.2, 0.25) is 0 Å². The number of amides is 1. The van der Waals surface area contributed by atoms with Gasteiger partial charge in [0, 0.05) is 5.56 Å². The number of carbonyl (C=O) groups excluding carboxylic acids is 2. The molecule has 0 radical (unpaired) electrons. The largest absolute Gasteiger partial charge is 0.457 e. The molecule has 0 aliphatic carbocycles. The number of hydroxylamine groups is 2. The molecule has 0 saturated carbocycles. The summed E-state index contributed by atoms with van der Waals surface area (Å²) in [6.45, 7) is 2.03. The van der Waals surface area contributed by atoms with Crippen LogP contribution in [0.15, 0.2) is 60.4 Å². The van der Waals surface area contributed by atoms with Crippen molar-refractivity contribution in [1.82, 2.24) is 5.06 Å². The van der Waals surface area contributed by atoms with Crippen LogP contribution in [0.5, 0.6) is 0 Å². The van der Waals surface area contributed by atoms with Crippen LogP contribution in [-0.2, 0) is 26.7 Å². The van der Waals surface area contributed by atoms with Crippen molar-refractivity contribution < 1.29 is 24.3 Å². The van der Waals surface area contributed by atoms with E-state index in [9.17, 15) is 14.7 Å². The molecule has 1 amide bonds. The number of benzene rings is 2. The van der Waals surface area contributed by atoms with E-state index in [0.29, 0.717) is 11.1 Å². The molecule has 6 nitrogen and oxygen atoms in total. The second kappa shape index (κ2) is 5.46. The third-order valence-corrected chi connectivity index (χ3v) is 4.37. The van der Waals surface area contributed by atoms with Crippen molar-refractivity contribution in [2.24, 2.45) is 0 Å². The summed E-state index contributed by atoms with van der Waals surface area (Å²) in [7, 11) is 0. The molecule has 4 rings (SSSR count). The quantitative estimate of drug-likeness (QED) is 0.869. The second-order valence-electron chi connectivity index (χ2n) is 6.02. The number of carbonyl (C=O) groups is 2. The summed E-state index contributed by atoms with van der Waals surface area (Å²) in [4.78, 5) is 29.9. The monoisotopic (exact) mass is 337 g/mol. The number of hydrogen-bond acceptors (Lipinski definition) is 5. The molecule has 0 fully saturated rings. The minimum Gasteiger partial charge on any atom is -0.457 e. The Bertz CT molecular complexity index is 902. The van der Waals surface area contributed by atoms with Crippen molar-refractivity contribution in [3.05, 3.63) is 82.6 Å². The fourth-order valence-corrected chi connectivity index (χ4v) is 3.01. The molecule has 2 aliphatic heterocycles. The number of esters is 1. The van der Waals surface area contributed by atoms with E-state index >= 15 is 0 Å². The van der Waals surface area contributed by atoms with Crippen molar-refractivity contribution in [3.63, 3.8) is 0 Å².